The number of nitrogens with one attached hydrogen (secondary N) is 1. The van der Waals surface area contributed by atoms with E-state index in [1.807, 2.05) is 31.3 Å². The van der Waals surface area contributed by atoms with Gasteiger partial charge in [-0.2, -0.15) is 0 Å². The van der Waals surface area contributed by atoms with Crippen LogP contribution in [-0.4, -0.2) is 74.2 Å². The van der Waals surface area contributed by atoms with Gasteiger partial charge in [0, 0.05) is 57.9 Å². The van der Waals surface area contributed by atoms with Crippen molar-refractivity contribution in [3.8, 4) is 0 Å². The topological polar surface area (TPSA) is 72.0 Å². The Hall–Kier alpha value is -2.84. The summed E-state index contributed by atoms with van der Waals surface area (Å²) < 4.78 is 0. The Labute approximate surface area is 218 Å². The van der Waals surface area contributed by atoms with Crippen LogP contribution in [0.3, 0.4) is 0 Å². The molecular formula is C27H35ClN6O2. The van der Waals surface area contributed by atoms with Gasteiger partial charge < -0.3 is 9.80 Å². The highest BCUT2D eigenvalue weighted by atomic mass is 35.5. The minimum atomic E-state index is -0.402. The van der Waals surface area contributed by atoms with E-state index >= 15 is 0 Å². The molecule has 0 unspecified atom stereocenters. The fraction of sp³-hybridized carbons (Fsp3) is 0.519. The van der Waals surface area contributed by atoms with Gasteiger partial charge in [-0.25, -0.2) is 4.79 Å². The molecule has 9 heteroatoms. The Morgan fingerprint density at radius 3 is 2.39 bits per heavy atom. The number of imide groups is 1. The summed E-state index contributed by atoms with van der Waals surface area (Å²) in [6.45, 7) is 9.78. The third-order valence-electron chi connectivity index (χ3n) is 7.74. The Bertz CT molecular complexity index is 1080. The maximum absolute atomic E-state index is 12.3. The number of piperidine rings is 1. The number of carbonyl (C=O) groups excluding carboxylic acids is 2. The number of hydrogen-bond acceptors (Lipinski definition) is 6. The molecular weight excluding hydrogens is 476 g/mol. The van der Waals surface area contributed by atoms with Gasteiger partial charge in [-0.1, -0.05) is 17.7 Å². The van der Waals surface area contributed by atoms with Crippen LogP contribution in [0.1, 0.15) is 31.4 Å². The van der Waals surface area contributed by atoms with Gasteiger partial charge >= 0.3 is 6.03 Å². The smallest absolute Gasteiger partial charge is 0.328 e. The molecule has 1 N–H and O–H groups in total. The van der Waals surface area contributed by atoms with Crippen molar-refractivity contribution in [2.75, 3.05) is 67.1 Å². The minimum Gasteiger partial charge on any atom is -0.370 e. The number of urea groups is 1. The standard InChI is InChI=1S/C27H35ClN6O2/c1-20-5-6-22(19-29-20)32-17-15-31(16-18-32)11-7-21-8-12-33(13-9-21)23-3-2-4-24(26(23)28)34-14-10-25(35)30-27(34)36/h2-6,19,21H,7-18H2,1H3,(H,30,35,36). The summed E-state index contributed by atoms with van der Waals surface area (Å²) in [5.74, 6) is 0.484. The highest BCUT2D eigenvalue weighted by Crippen LogP contribution is 2.37. The Balaban J connectivity index is 1.09. The lowest BCUT2D eigenvalue weighted by Gasteiger charge is -2.38. The van der Waals surface area contributed by atoms with E-state index in [0.29, 0.717) is 17.3 Å². The number of aryl methyl sites for hydroxylation is 1. The molecule has 0 spiro atoms. The lowest BCUT2D eigenvalue weighted by atomic mass is 9.93. The van der Waals surface area contributed by atoms with Gasteiger partial charge in [0.25, 0.3) is 0 Å². The van der Waals surface area contributed by atoms with Gasteiger partial charge in [-0.3, -0.25) is 24.9 Å². The molecule has 5 rings (SSSR count). The van der Waals surface area contributed by atoms with Gasteiger partial charge in [0.1, 0.15) is 0 Å². The van der Waals surface area contributed by atoms with Crippen LogP contribution in [0.5, 0.6) is 0 Å². The number of benzene rings is 1. The summed E-state index contributed by atoms with van der Waals surface area (Å²) in [5, 5.41) is 2.97. The second kappa shape index (κ2) is 11.0. The average Bonchev–Trinajstić information content (AvgIpc) is 2.89. The van der Waals surface area contributed by atoms with Crippen LogP contribution in [0, 0.1) is 12.8 Å². The summed E-state index contributed by atoms with van der Waals surface area (Å²) in [7, 11) is 0. The molecule has 1 aromatic carbocycles. The van der Waals surface area contributed by atoms with Crippen molar-refractivity contribution in [2.45, 2.75) is 32.6 Å². The van der Waals surface area contributed by atoms with Crippen LogP contribution in [0.15, 0.2) is 36.5 Å². The van der Waals surface area contributed by atoms with E-state index in [1.54, 1.807) is 4.90 Å². The van der Waals surface area contributed by atoms with Crippen molar-refractivity contribution in [1.29, 1.82) is 0 Å². The second-order valence-electron chi connectivity index (χ2n) is 10.1. The molecule has 0 aliphatic carbocycles. The van der Waals surface area contributed by atoms with E-state index in [2.05, 4.69) is 37.1 Å². The van der Waals surface area contributed by atoms with Crippen molar-refractivity contribution in [3.63, 3.8) is 0 Å². The number of pyridine rings is 1. The molecule has 192 valence electrons. The quantitative estimate of drug-likeness (QED) is 0.635. The number of rotatable bonds is 6. The minimum absolute atomic E-state index is 0.240. The number of aromatic nitrogens is 1. The van der Waals surface area contributed by atoms with Crippen LogP contribution in [0.4, 0.5) is 21.9 Å². The molecule has 3 aliphatic rings. The molecule has 4 heterocycles. The molecule has 36 heavy (non-hydrogen) atoms. The zero-order chi connectivity index (χ0) is 25.1. The molecule has 2 aromatic rings. The zero-order valence-electron chi connectivity index (χ0n) is 21.0. The third-order valence-corrected chi connectivity index (χ3v) is 8.13. The van der Waals surface area contributed by atoms with E-state index in [1.165, 1.54) is 12.1 Å². The first-order valence-electron chi connectivity index (χ1n) is 13.0. The van der Waals surface area contributed by atoms with Crippen LogP contribution in [0.25, 0.3) is 0 Å². The molecule has 0 bridgehead atoms. The van der Waals surface area contributed by atoms with Crippen LogP contribution in [-0.2, 0) is 4.79 Å². The highest BCUT2D eigenvalue weighted by Gasteiger charge is 2.28. The highest BCUT2D eigenvalue weighted by molar-refractivity contribution is 6.36. The summed E-state index contributed by atoms with van der Waals surface area (Å²) >= 11 is 6.78. The lowest BCUT2D eigenvalue weighted by molar-refractivity contribution is -0.120. The normalized spacial score (nSPS) is 20.1. The molecule has 1 aromatic heterocycles. The summed E-state index contributed by atoms with van der Waals surface area (Å²) in [6, 6.07) is 9.68. The van der Waals surface area contributed by atoms with Crippen molar-refractivity contribution < 1.29 is 9.59 Å². The predicted molar refractivity (Wildman–Crippen MR) is 144 cm³/mol. The van der Waals surface area contributed by atoms with Crippen LogP contribution < -0.4 is 20.0 Å². The van der Waals surface area contributed by atoms with Gasteiger partial charge in [0.2, 0.25) is 5.91 Å². The molecule has 3 aliphatic heterocycles. The molecule has 3 saturated heterocycles. The molecule has 0 saturated carbocycles. The number of amides is 3. The predicted octanol–water partition coefficient (Wildman–Crippen LogP) is 3.92. The first kappa shape index (κ1) is 24.8. The van der Waals surface area contributed by atoms with E-state index in [-0.39, 0.29) is 12.3 Å². The van der Waals surface area contributed by atoms with Gasteiger partial charge in [-0.05, 0) is 62.9 Å². The van der Waals surface area contributed by atoms with Crippen molar-refractivity contribution in [3.05, 3.63) is 47.2 Å². The Kier molecular flexibility index (Phi) is 7.62. The Morgan fingerprint density at radius 1 is 0.944 bits per heavy atom. The van der Waals surface area contributed by atoms with Crippen molar-refractivity contribution >= 4 is 40.6 Å². The lowest BCUT2D eigenvalue weighted by Crippen LogP contribution is -2.49. The number of hydrogen-bond donors (Lipinski definition) is 1. The number of carbonyl (C=O) groups is 2. The fourth-order valence-corrected chi connectivity index (χ4v) is 5.81. The van der Waals surface area contributed by atoms with Crippen LogP contribution in [0.2, 0.25) is 5.02 Å². The van der Waals surface area contributed by atoms with Crippen molar-refractivity contribution in [2.24, 2.45) is 5.92 Å². The SMILES string of the molecule is Cc1ccc(N2CCN(CCC3CCN(c4cccc(N5CCC(=O)NC5=O)c4Cl)CC3)CC2)cn1. The van der Waals surface area contributed by atoms with E-state index in [0.717, 1.165) is 76.0 Å². The maximum Gasteiger partial charge on any atom is 0.328 e. The zero-order valence-corrected chi connectivity index (χ0v) is 21.7. The fourth-order valence-electron chi connectivity index (χ4n) is 5.46. The molecule has 3 fully saturated rings. The summed E-state index contributed by atoms with van der Waals surface area (Å²) in [4.78, 5) is 37.2. The number of nitrogens with zero attached hydrogens (tertiary/aromatic N) is 5. The van der Waals surface area contributed by atoms with E-state index in [4.69, 9.17) is 11.6 Å². The van der Waals surface area contributed by atoms with Gasteiger partial charge in [0.15, 0.2) is 0 Å². The monoisotopic (exact) mass is 510 g/mol. The molecule has 0 atom stereocenters. The maximum atomic E-state index is 12.3. The van der Waals surface area contributed by atoms with Crippen molar-refractivity contribution in [1.82, 2.24) is 15.2 Å². The first-order valence-corrected chi connectivity index (χ1v) is 13.4. The Morgan fingerprint density at radius 2 is 1.69 bits per heavy atom. The largest absolute Gasteiger partial charge is 0.370 e. The third kappa shape index (κ3) is 5.60. The molecule has 0 radical (unpaired) electrons. The van der Waals surface area contributed by atoms with E-state index < -0.39 is 6.03 Å². The summed E-state index contributed by atoms with van der Waals surface area (Å²) in [5.41, 5.74) is 3.93. The van der Waals surface area contributed by atoms with Crippen LogP contribution >= 0.6 is 11.6 Å². The van der Waals surface area contributed by atoms with Gasteiger partial charge in [0.05, 0.1) is 28.3 Å². The van der Waals surface area contributed by atoms with Gasteiger partial charge in [-0.15, -0.1) is 0 Å². The molecule has 8 nitrogen and oxygen atoms in total. The second-order valence-corrected chi connectivity index (χ2v) is 10.4. The first-order chi connectivity index (χ1) is 17.5. The number of halogens is 1. The average molecular weight is 511 g/mol. The number of anilines is 3. The summed E-state index contributed by atoms with van der Waals surface area (Å²) in [6.07, 6.45) is 5.80. The molecule has 3 amide bonds. The van der Waals surface area contributed by atoms with E-state index in [9.17, 15) is 9.59 Å². The number of piperazine rings is 1.